The summed E-state index contributed by atoms with van der Waals surface area (Å²) in [7, 11) is -3.60. The molecule has 108 valence electrons. The lowest BCUT2D eigenvalue weighted by atomic mass is 10.2. The number of nitrogens with zero attached hydrogens (tertiary/aromatic N) is 2. The van der Waals surface area contributed by atoms with Gasteiger partial charge in [-0.05, 0) is 18.2 Å². The van der Waals surface area contributed by atoms with Crippen LogP contribution in [0.25, 0.3) is 0 Å². The van der Waals surface area contributed by atoms with E-state index in [0.29, 0.717) is 0 Å². The number of nitrogens with two attached hydrogens (primary N) is 3. The van der Waals surface area contributed by atoms with E-state index in [-0.39, 0.29) is 28.1 Å². The molecule has 0 radical (unpaired) electrons. The molecule has 1 aromatic rings. The number of carboxylic acid groups (broad SMARTS) is 1. The highest BCUT2D eigenvalue weighted by Gasteiger charge is 2.13. The maximum Gasteiger partial charge on any atom is 0.335 e. The van der Waals surface area contributed by atoms with Crippen LogP contribution in [0, 0.1) is 0 Å². The van der Waals surface area contributed by atoms with Crippen molar-refractivity contribution in [1.82, 2.24) is 0 Å². The molecule has 1 aromatic carbocycles. The number of benzene rings is 1. The van der Waals surface area contributed by atoms with Gasteiger partial charge in [-0.25, -0.2) is 18.2 Å². The molecule has 0 aliphatic rings. The van der Waals surface area contributed by atoms with E-state index in [4.69, 9.17) is 22.3 Å². The Hall–Kier alpha value is -2.62. The average Bonchev–Trinajstić information content (AvgIpc) is 2.25. The Labute approximate surface area is 114 Å². The van der Waals surface area contributed by atoms with Crippen LogP contribution in [0.15, 0.2) is 33.1 Å². The van der Waals surface area contributed by atoms with Crippen LogP contribution in [0.1, 0.15) is 10.4 Å². The molecule has 7 N–H and O–H groups in total. The van der Waals surface area contributed by atoms with Gasteiger partial charge >= 0.3 is 5.97 Å². The molecule has 0 aromatic heterocycles. The lowest BCUT2D eigenvalue weighted by Gasteiger charge is -2.03. The first-order chi connectivity index (χ1) is 9.09. The summed E-state index contributed by atoms with van der Waals surface area (Å²) in [5.41, 5.74) is 15.4. The van der Waals surface area contributed by atoms with E-state index < -0.39 is 15.8 Å². The van der Waals surface area contributed by atoms with E-state index in [1.165, 1.54) is 0 Å². The van der Waals surface area contributed by atoms with Crippen molar-refractivity contribution in [2.75, 3.05) is 6.26 Å². The first kappa shape index (κ1) is 15.4. The third-order valence-corrected chi connectivity index (χ3v) is 3.15. The number of carbonyl (C=O) groups is 1. The number of carboxylic acids is 1. The molecule has 10 heteroatoms. The molecule has 20 heavy (non-hydrogen) atoms. The molecule has 0 heterocycles. The van der Waals surface area contributed by atoms with Gasteiger partial charge in [-0.2, -0.15) is 4.99 Å². The van der Waals surface area contributed by atoms with Crippen molar-refractivity contribution in [2.24, 2.45) is 27.2 Å². The number of guanidine groups is 2. The van der Waals surface area contributed by atoms with Crippen molar-refractivity contribution in [1.29, 1.82) is 0 Å². The maximum absolute atomic E-state index is 11.5. The van der Waals surface area contributed by atoms with Gasteiger partial charge < -0.3 is 22.3 Å². The van der Waals surface area contributed by atoms with Crippen LogP contribution in [-0.4, -0.2) is 37.7 Å². The lowest BCUT2D eigenvalue weighted by molar-refractivity contribution is 0.0696. The van der Waals surface area contributed by atoms with Crippen LogP contribution in [0.3, 0.4) is 0 Å². The molecular weight excluding hydrogens is 286 g/mol. The van der Waals surface area contributed by atoms with E-state index in [0.717, 1.165) is 24.5 Å². The average molecular weight is 299 g/mol. The molecule has 0 bridgehead atoms. The fourth-order valence-corrected chi connectivity index (χ4v) is 1.95. The van der Waals surface area contributed by atoms with Crippen molar-refractivity contribution < 1.29 is 18.3 Å². The second-order valence-electron chi connectivity index (χ2n) is 3.80. The van der Waals surface area contributed by atoms with E-state index in [9.17, 15) is 13.2 Å². The minimum absolute atomic E-state index is 0.00725. The fourth-order valence-electron chi connectivity index (χ4n) is 1.27. The highest BCUT2D eigenvalue weighted by atomic mass is 32.2. The van der Waals surface area contributed by atoms with Gasteiger partial charge in [0.15, 0.2) is 15.8 Å². The number of rotatable bonds is 3. The molecule has 0 aliphatic heterocycles. The summed E-state index contributed by atoms with van der Waals surface area (Å²) in [5, 5.41) is 8.94. The third-order valence-electron chi connectivity index (χ3n) is 2.05. The summed E-state index contributed by atoms with van der Waals surface area (Å²) < 4.78 is 23.0. The summed E-state index contributed by atoms with van der Waals surface area (Å²) in [5.74, 6) is -1.96. The molecule has 1 rings (SSSR count). The molecule has 0 saturated carbocycles. The summed E-state index contributed by atoms with van der Waals surface area (Å²) in [6.07, 6.45) is 0.945. The van der Waals surface area contributed by atoms with Crippen LogP contribution in [0.2, 0.25) is 0 Å². The quantitative estimate of drug-likeness (QED) is 0.409. The first-order valence-corrected chi connectivity index (χ1v) is 7.01. The molecule has 0 spiro atoms. The number of hydrogen-bond acceptors (Lipinski definition) is 4. The van der Waals surface area contributed by atoms with Crippen molar-refractivity contribution in [3.8, 4) is 0 Å². The van der Waals surface area contributed by atoms with Gasteiger partial charge in [-0.1, -0.05) is 0 Å². The Balaban J connectivity index is 3.45. The third kappa shape index (κ3) is 4.24. The molecule has 0 amide bonds. The van der Waals surface area contributed by atoms with Gasteiger partial charge in [0.2, 0.25) is 5.96 Å². The zero-order valence-corrected chi connectivity index (χ0v) is 11.3. The van der Waals surface area contributed by atoms with Gasteiger partial charge in [0, 0.05) is 6.26 Å². The largest absolute Gasteiger partial charge is 0.478 e. The Morgan fingerprint density at radius 2 is 1.80 bits per heavy atom. The standard InChI is InChI=1S/C10H13N5O4S/c1-20(18,19)7-3-5(8(16)17)2-6(4-7)14-10(13)15-9(11)12/h2-4H,1H3,(H,16,17)(H6,11,12,13,14,15). The van der Waals surface area contributed by atoms with Gasteiger partial charge in [-0.15, -0.1) is 0 Å². The predicted octanol–water partition coefficient (Wildman–Crippen LogP) is -0.992. The molecule has 0 fully saturated rings. The van der Waals surface area contributed by atoms with E-state index >= 15 is 0 Å². The van der Waals surface area contributed by atoms with Crippen molar-refractivity contribution in [3.63, 3.8) is 0 Å². The van der Waals surface area contributed by atoms with Gasteiger partial charge in [0.05, 0.1) is 16.1 Å². The zero-order valence-electron chi connectivity index (χ0n) is 10.4. The smallest absolute Gasteiger partial charge is 0.335 e. The number of hydrogen-bond donors (Lipinski definition) is 4. The molecule has 0 atom stereocenters. The number of aromatic carboxylic acids is 1. The van der Waals surface area contributed by atoms with Crippen molar-refractivity contribution in [2.45, 2.75) is 4.90 Å². The fraction of sp³-hybridized carbons (Fsp3) is 0.100. The van der Waals surface area contributed by atoms with E-state index in [1.807, 2.05) is 0 Å². The first-order valence-electron chi connectivity index (χ1n) is 5.12. The normalized spacial score (nSPS) is 11.9. The summed E-state index contributed by atoms with van der Waals surface area (Å²) >= 11 is 0. The minimum Gasteiger partial charge on any atom is -0.478 e. The van der Waals surface area contributed by atoms with Crippen molar-refractivity contribution in [3.05, 3.63) is 23.8 Å². The molecule has 0 saturated heterocycles. The zero-order chi connectivity index (χ0) is 15.5. The Kier molecular flexibility index (Phi) is 4.30. The highest BCUT2D eigenvalue weighted by molar-refractivity contribution is 7.90. The lowest BCUT2D eigenvalue weighted by Crippen LogP contribution is -2.26. The van der Waals surface area contributed by atoms with Crippen LogP contribution < -0.4 is 17.2 Å². The highest BCUT2D eigenvalue weighted by Crippen LogP contribution is 2.21. The van der Waals surface area contributed by atoms with Crippen LogP contribution in [0.4, 0.5) is 5.69 Å². The topological polar surface area (TPSA) is 174 Å². The molecule has 0 aliphatic carbocycles. The minimum atomic E-state index is -3.60. The van der Waals surface area contributed by atoms with Crippen molar-refractivity contribution >= 4 is 33.4 Å². The van der Waals surface area contributed by atoms with E-state index in [2.05, 4.69) is 9.98 Å². The monoisotopic (exact) mass is 299 g/mol. The second kappa shape index (κ2) is 5.57. The predicted molar refractivity (Wildman–Crippen MR) is 73.6 cm³/mol. The summed E-state index contributed by atoms with van der Waals surface area (Å²) in [6.45, 7) is 0. The number of aliphatic imine (C=N–C) groups is 2. The second-order valence-corrected chi connectivity index (χ2v) is 5.82. The molecule has 0 unspecified atom stereocenters. The van der Waals surface area contributed by atoms with Crippen LogP contribution >= 0.6 is 0 Å². The SMILES string of the molecule is CS(=O)(=O)c1cc(N=C(N)N=C(N)N)cc(C(=O)O)c1. The Morgan fingerprint density at radius 1 is 1.20 bits per heavy atom. The Bertz CT molecular complexity index is 704. The maximum atomic E-state index is 11.5. The van der Waals surface area contributed by atoms with Gasteiger partial charge in [0.25, 0.3) is 0 Å². The Morgan fingerprint density at radius 3 is 2.25 bits per heavy atom. The summed E-state index contributed by atoms with van der Waals surface area (Å²) in [4.78, 5) is 17.9. The van der Waals surface area contributed by atoms with Crippen LogP contribution in [-0.2, 0) is 9.84 Å². The molecule has 9 nitrogen and oxygen atoms in total. The number of sulfone groups is 1. The molecular formula is C10H13N5O4S. The van der Waals surface area contributed by atoms with Gasteiger partial charge in [0.1, 0.15) is 0 Å². The van der Waals surface area contributed by atoms with Gasteiger partial charge in [-0.3, -0.25) is 0 Å². The van der Waals surface area contributed by atoms with Crippen LogP contribution in [0.5, 0.6) is 0 Å². The van der Waals surface area contributed by atoms with E-state index in [1.54, 1.807) is 0 Å². The summed E-state index contributed by atoms with van der Waals surface area (Å²) in [6, 6.07) is 3.33.